The Morgan fingerprint density at radius 3 is 2.68 bits per heavy atom. The smallest absolute Gasteiger partial charge is 0.174 e. The third kappa shape index (κ3) is 3.20. The monoisotopic (exact) mass is 325 g/mol. The molecular formula is C13H16BrN3O2. The Balaban J connectivity index is 2.14. The summed E-state index contributed by atoms with van der Waals surface area (Å²) < 4.78 is 13.2. The minimum Gasteiger partial charge on any atom is -0.493 e. The van der Waals surface area contributed by atoms with Gasteiger partial charge in [-0.05, 0) is 33.6 Å². The third-order valence-corrected chi connectivity index (χ3v) is 3.27. The minimum atomic E-state index is 0.663. The molecule has 0 aliphatic rings. The highest BCUT2D eigenvalue weighted by Gasteiger charge is 2.10. The van der Waals surface area contributed by atoms with Crippen LogP contribution in [0.15, 0.2) is 28.9 Å². The fraction of sp³-hybridized carbons (Fsp3) is 0.308. The van der Waals surface area contributed by atoms with Gasteiger partial charge in [-0.3, -0.25) is 4.68 Å². The molecule has 102 valence electrons. The first kappa shape index (κ1) is 13.7. The van der Waals surface area contributed by atoms with Crippen LogP contribution in [0.4, 0.5) is 5.82 Å². The fourth-order valence-corrected chi connectivity index (χ4v) is 2.43. The number of anilines is 1. The molecule has 0 bridgehead atoms. The maximum Gasteiger partial charge on any atom is 0.174 e. The predicted octanol–water partition coefficient (Wildman–Crippen LogP) is 2.81. The van der Waals surface area contributed by atoms with E-state index in [1.807, 2.05) is 31.4 Å². The van der Waals surface area contributed by atoms with Gasteiger partial charge >= 0.3 is 0 Å². The zero-order chi connectivity index (χ0) is 13.8. The number of aryl methyl sites for hydroxylation is 1. The number of methoxy groups -OCH3 is 2. The number of hydrogen-bond donors (Lipinski definition) is 1. The molecule has 0 aliphatic heterocycles. The van der Waals surface area contributed by atoms with Gasteiger partial charge in [-0.1, -0.05) is 0 Å². The summed E-state index contributed by atoms with van der Waals surface area (Å²) in [5.74, 6) is 2.24. The van der Waals surface area contributed by atoms with E-state index < -0.39 is 0 Å². The molecule has 0 saturated carbocycles. The molecule has 2 rings (SSSR count). The van der Waals surface area contributed by atoms with Crippen molar-refractivity contribution in [1.29, 1.82) is 0 Å². The lowest BCUT2D eigenvalue weighted by molar-refractivity contribution is 0.352. The van der Waals surface area contributed by atoms with E-state index in [0.717, 1.165) is 15.9 Å². The normalized spacial score (nSPS) is 10.3. The van der Waals surface area contributed by atoms with Crippen molar-refractivity contribution < 1.29 is 9.47 Å². The molecule has 0 unspecified atom stereocenters. The predicted molar refractivity (Wildman–Crippen MR) is 77.8 cm³/mol. The Hall–Kier alpha value is -1.69. The molecule has 0 amide bonds. The molecule has 0 atom stereocenters. The van der Waals surface area contributed by atoms with E-state index in [9.17, 15) is 0 Å². The molecule has 2 aromatic rings. The van der Waals surface area contributed by atoms with Gasteiger partial charge in [0, 0.05) is 25.9 Å². The van der Waals surface area contributed by atoms with E-state index in [0.29, 0.717) is 18.0 Å². The van der Waals surface area contributed by atoms with E-state index in [1.165, 1.54) is 0 Å². The van der Waals surface area contributed by atoms with Gasteiger partial charge in [-0.15, -0.1) is 0 Å². The second kappa shape index (κ2) is 5.97. The minimum absolute atomic E-state index is 0.663. The van der Waals surface area contributed by atoms with Crippen LogP contribution >= 0.6 is 15.9 Å². The molecular weight excluding hydrogens is 310 g/mol. The van der Waals surface area contributed by atoms with Gasteiger partial charge < -0.3 is 14.8 Å². The average Bonchev–Trinajstić information content (AvgIpc) is 2.81. The van der Waals surface area contributed by atoms with Crippen LogP contribution in [-0.4, -0.2) is 24.0 Å². The first-order valence-electron chi connectivity index (χ1n) is 5.78. The van der Waals surface area contributed by atoms with Crippen LogP contribution in [0.25, 0.3) is 0 Å². The molecule has 19 heavy (non-hydrogen) atoms. The van der Waals surface area contributed by atoms with Gasteiger partial charge in [-0.25, -0.2) is 0 Å². The molecule has 0 spiro atoms. The lowest BCUT2D eigenvalue weighted by Gasteiger charge is -2.12. The zero-order valence-electron chi connectivity index (χ0n) is 11.1. The van der Waals surface area contributed by atoms with Crippen molar-refractivity contribution in [1.82, 2.24) is 9.78 Å². The lowest BCUT2D eigenvalue weighted by atomic mass is 10.2. The first-order chi connectivity index (χ1) is 9.13. The van der Waals surface area contributed by atoms with Gasteiger partial charge in [0.25, 0.3) is 0 Å². The molecule has 1 aromatic carbocycles. The number of rotatable bonds is 5. The van der Waals surface area contributed by atoms with Crippen LogP contribution in [0.1, 0.15) is 5.56 Å². The van der Waals surface area contributed by atoms with Gasteiger partial charge in [-0.2, -0.15) is 5.10 Å². The summed E-state index contributed by atoms with van der Waals surface area (Å²) in [7, 11) is 5.13. The highest BCUT2D eigenvalue weighted by atomic mass is 79.9. The number of nitrogens with zero attached hydrogens (tertiary/aromatic N) is 2. The van der Waals surface area contributed by atoms with Gasteiger partial charge in [0.05, 0.1) is 18.7 Å². The standard InChI is InChI=1S/C13H16BrN3O2/c1-17-5-4-12(16-17)15-8-9-6-10(14)13(19-3)11(7-9)18-2/h4-7H,8H2,1-3H3,(H,15,16). The van der Waals surface area contributed by atoms with Crippen LogP contribution in [0.3, 0.4) is 0 Å². The summed E-state index contributed by atoms with van der Waals surface area (Å²) in [4.78, 5) is 0. The number of halogens is 1. The zero-order valence-corrected chi connectivity index (χ0v) is 12.7. The lowest BCUT2D eigenvalue weighted by Crippen LogP contribution is -2.02. The average molecular weight is 326 g/mol. The Bertz CT molecular complexity index is 569. The van der Waals surface area contributed by atoms with Crippen molar-refractivity contribution in [3.8, 4) is 11.5 Å². The molecule has 1 heterocycles. The molecule has 0 fully saturated rings. The molecule has 1 aromatic heterocycles. The number of benzene rings is 1. The third-order valence-electron chi connectivity index (χ3n) is 2.68. The molecule has 6 heteroatoms. The summed E-state index contributed by atoms with van der Waals surface area (Å²) >= 11 is 3.48. The van der Waals surface area contributed by atoms with Crippen LogP contribution in [0, 0.1) is 0 Å². The SMILES string of the molecule is COc1cc(CNc2ccn(C)n2)cc(Br)c1OC. The number of nitrogens with one attached hydrogen (secondary N) is 1. The number of hydrogen-bond acceptors (Lipinski definition) is 4. The van der Waals surface area contributed by atoms with E-state index in [4.69, 9.17) is 9.47 Å². The Kier molecular flexibility index (Phi) is 4.31. The van der Waals surface area contributed by atoms with Crippen molar-refractivity contribution in [2.75, 3.05) is 19.5 Å². The summed E-state index contributed by atoms with van der Waals surface area (Å²) in [6.45, 7) is 0.663. The van der Waals surface area contributed by atoms with Crippen LogP contribution in [0.2, 0.25) is 0 Å². The van der Waals surface area contributed by atoms with E-state index in [1.54, 1.807) is 18.9 Å². The van der Waals surface area contributed by atoms with Crippen molar-refractivity contribution in [3.63, 3.8) is 0 Å². The summed E-state index contributed by atoms with van der Waals surface area (Å²) in [5.41, 5.74) is 1.08. The second-order valence-corrected chi connectivity index (χ2v) is 4.90. The molecule has 0 aliphatic carbocycles. The maximum absolute atomic E-state index is 5.31. The van der Waals surface area contributed by atoms with Crippen LogP contribution < -0.4 is 14.8 Å². The number of aromatic nitrogens is 2. The maximum atomic E-state index is 5.31. The quantitative estimate of drug-likeness (QED) is 0.918. The van der Waals surface area contributed by atoms with Crippen molar-refractivity contribution in [2.45, 2.75) is 6.54 Å². The van der Waals surface area contributed by atoms with Crippen LogP contribution in [-0.2, 0) is 13.6 Å². The van der Waals surface area contributed by atoms with E-state index in [2.05, 4.69) is 26.3 Å². The Morgan fingerprint density at radius 1 is 1.32 bits per heavy atom. The van der Waals surface area contributed by atoms with Gasteiger partial charge in [0.1, 0.15) is 5.82 Å². The summed E-state index contributed by atoms with van der Waals surface area (Å²) in [6, 6.07) is 5.87. The summed E-state index contributed by atoms with van der Waals surface area (Å²) in [6.07, 6.45) is 1.90. The van der Waals surface area contributed by atoms with Crippen molar-refractivity contribution in [3.05, 3.63) is 34.4 Å². The van der Waals surface area contributed by atoms with E-state index >= 15 is 0 Å². The molecule has 5 nitrogen and oxygen atoms in total. The largest absolute Gasteiger partial charge is 0.493 e. The topological polar surface area (TPSA) is 48.3 Å². The van der Waals surface area contributed by atoms with Gasteiger partial charge in [0.2, 0.25) is 0 Å². The molecule has 0 saturated heterocycles. The van der Waals surface area contributed by atoms with Crippen LogP contribution in [0.5, 0.6) is 11.5 Å². The van der Waals surface area contributed by atoms with E-state index in [-0.39, 0.29) is 0 Å². The highest BCUT2D eigenvalue weighted by Crippen LogP contribution is 2.36. The number of ether oxygens (including phenoxy) is 2. The highest BCUT2D eigenvalue weighted by molar-refractivity contribution is 9.10. The van der Waals surface area contributed by atoms with Crippen molar-refractivity contribution >= 4 is 21.7 Å². The second-order valence-electron chi connectivity index (χ2n) is 4.04. The van der Waals surface area contributed by atoms with Gasteiger partial charge in [0.15, 0.2) is 11.5 Å². The first-order valence-corrected chi connectivity index (χ1v) is 6.57. The Labute approximate surface area is 120 Å². The fourth-order valence-electron chi connectivity index (χ4n) is 1.78. The van der Waals surface area contributed by atoms with Crippen molar-refractivity contribution in [2.24, 2.45) is 7.05 Å². The molecule has 1 N–H and O–H groups in total. The molecule has 0 radical (unpaired) electrons. The summed E-state index contributed by atoms with van der Waals surface area (Å²) in [5, 5.41) is 7.51. The Morgan fingerprint density at radius 2 is 2.11 bits per heavy atom.